The number of halogens is 1. The molecule has 0 atom stereocenters. The van der Waals surface area contributed by atoms with E-state index in [-0.39, 0.29) is 12.4 Å². The fourth-order valence-electron chi connectivity index (χ4n) is 3.98. The van der Waals surface area contributed by atoms with Gasteiger partial charge in [-0.1, -0.05) is 30.3 Å². The summed E-state index contributed by atoms with van der Waals surface area (Å²) in [4.78, 5) is 7.06. The van der Waals surface area contributed by atoms with E-state index >= 15 is 0 Å². The van der Waals surface area contributed by atoms with Crippen LogP contribution in [0.15, 0.2) is 48.5 Å². The fraction of sp³-hybridized carbons (Fsp3) is 0.381. The average Bonchev–Trinajstić information content (AvgIpc) is 3.00. The number of aromatic nitrogens is 2. The molecule has 5 heteroatoms. The van der Waals surface area contributed by atoms with Crippen molar-refractivity contribution in [2.24, 2.45) is 0 Å². The van der Waals surface area contributed by atoms with E-state index in [4.69, 9.17) is 0 Å². The summed E-state index contributed by atoms with van der Waals surface area (Å²) in [6.45, 7) is 3.09. The third kappa shape index (κ3) is 3.50. The number of aliphatic hydroxyl groups excluding tert-OH is 1. The van der Waals surface area contributed by atoms with E-state index in [1.165, 1.54) is 17.7 Å². The van der Waals surface area contributed by atoms with Crippen LogP contribution in [0, 0.1) is 5.82 Å². The van der Waals surface area contributed by atoms with Crippen molar-refractivity contribution in [2.75, 3.05) is 19.7 Å². The van der Waals surface area contributed by atoms with Gasteiger partial charge in [0.2, 0.25) is 0 Å². The van der Waals surface area contributed by atoms with Crippen molar-refractivity contribution in [3.63, 3.8) is 0 Å². The lowest BCUT2D eigenvalue weighted by Crippen LogP contribution is -2.34. The molecule has 2 aromatic carbocycles. The molecule has 0 unspecified atom stereocenters. The Balaban J connectivity index is 1.52. The number of aliphatic hydroxyl groups is 1. The Morgan fingerprint density at radius 1 is 1.08 bits per heavy atom. The first-order valence-corrected chi connectivity index (χ1v) is 9.28. The molecule has 0 spiro atoms. The van der Waals surface area contributed by atoms with E-state index in [2.05, 4.69) is 38.7 Å². The van der Waals surface area contributed by atoms with Gasteiger partial charge < -0.3 is 9.67 Å². The summed E-state index contributed by atoms with van der Waals surface area (Å²) < 4.78 is 15.8. The SMILES string of the molecule is OCCc1nc2cc(F)ccc2n1C1CCN(Cc2ccccc2)CC1. The maximum atomic E-state index is 13.6. The van der Waals surface area contributed by atoms with Crippen molar-refractivity contribution in [1.29, 1.82) is 0 Å². The number of hydrogen-bond donors (Lipinski definition) is 1. The third-order valence-electron chi connectivity index (χ3n) is 5.23. The second kappa shape index (κ2) is 7.56. The molecule has 4 rings (SSSR count). The molecule has 136 valence electrons. The van der Waals surface area contributed by atoms with Crippen LogP contribution in [0.1, 0.15) is 30.3 Å². The van der Waals surface area contributed by atoms with Crippen LogP contribution in [0.25, 0.3) is 11.0 Å². The van der Waals surface area contributed by atoms with Crippen molar-refractivity contribution < 1.29 is 9.50 Å². The molecule has 0 amide bonds. The summed E-state index contributed by atoms with van der Waals surface area (Å²) in [7, 11) is 0. The topological polar surface area (TPSA) is 41.3 Å². The molecule has 1 aromatic heterocycles. The Morgan fingerprint density at radius 2 is 1.85 bits per heavy atom. The van der Waals surface area contributed by atoms with Crippen LogP contribution in [0.2, 0.25) is 0 Å². The molecule has 4 nitrogen and oxygen atoms in total. The van der Waals surface area contributed by atoms with E-state index in [1.54, 1.807) is 0 Å². The highest BCUT2D eigenvalue weighted by Gasteiger charge is 2.24. The largest absolute Gasteiger partial charge is 0.396 e. The lowest BCUT2D eigenvalue weighted by atomic mass is 10.0. The Morgan fingerprint density at radius 3 is 2.58 bits per heavy atom. The lowest BCUT2D eigenvalue weighted by Gasteiger charge is -2.33. The fourth-order valence-corrected chi connectivity index (χ4v) is 3.98. The van der Waals surface area contributed by atoms with E-state index < -0.39 is 0 Å². The summed E-state index contributed by atoms with van der Waals surface area (Å²) >= 11 is 0. The molecule has 1 aliphatic rings. The van der Waals surface area contributed by atoms with Gasteiger partial charge >= 0.3 is 0 Å². The van der Waals surface area contributed by atoms with Gasteiger partial charge in [-0.15, -0.1) is 0 Å². The number of likely N-dealkylation sites (tertiary alicyclic amines) is 1. The van der Waals surface area contributed by atoms with Gasteiger partial charge in [0, 0.05) is 38.2 Å². The molecule has 3 aromatic rings. The van der Waals surface area contributed by atoms with Gasteiger partial charge in [-0.2, -0.15) is 0 Å². The van der Waals surface area contributed by atoms with Crippen molar-refractivity contribution in [3.8, 4) is 0 Å². The van der Waals surface area contributed by atoms with Crippen LogP contribution >= 0.6 is 0 Å². The molecule has 1 saturated heterocycles. The molecule has 26 heavy (non-hydrogen) atoms. The Hall–Kier alpha value is -2.24. The quantitative estimate of drug-likeness (QED) is 0.763. The molecule has 0 radical (unpaired) electrons. The third-order valence-corrected chi connectivity index (χ3v) is 5.23. The molecule has 1 aliphatic heterocycles. The van der Waals surface area contributed by atoms with Crippen molar-refractivity contribution >= 4 is 11.0 Å². The van der Waals surface area contributed by atoms with Crippen LogP contribution in [-0.2, 0) is 13.0 Å². The summed E-state index contributed by atoms with van der Waals surface area (Å²) in [6.07, 6.45) is 2.57. The van der Waals surface area contributed by atoms with Crippen molar-refractivity contribution in [3.05, 3.63) is 65.7 Å². The average molecular weight is 353 g/mol. The zero-order valence-corrected chi connectivity index (χ0v) is 14.8. The molecule has 2 heterocycles. The Bertz CT molecular complexity index is 870. The van der Waals surface area contributed by atoms with Gasteiger partial charge in [0.25, 0.3) is 0 Å². The zero-order valence-electron chi connectivity index (χ0n) is 14.8. The Labute approximate surface area is 152 Å². The van der Waals surface area contributed by atoms with E-state index in [0.29, 0.717) is 18.0 Å². The highest BCUT2D eigenvalue weighted by molar-refractivity contribution is 5.76. The summed E-state index contributed by atoms with van der Waals surface area (Å²) in [5, 5.41) is 9.39. The standard InChI is InChI=1S/C21H24FN3O/c22-17-6-7-20-19(14-17)23-21(10-13-26)25(20)18-8-11-24(12-9-18)15-16-4-2-1-3-5-16/h1-7,14,18,26H,8-13,15H2. The van der Waals surface area contributed by atoms with Crippen LogP contribution < -0.4 is 0 Å². The number of fused-ring (bicyclic) bond motifs is 1. The minimum Gasteiger partial charge on any atom is -0.396 e. The number of nitrogens with zero attached hydrogens (tertiary/aromatic N) is 3. The van der Waals surface area contributed by atoms with E-state index in [0.717, 1.165) is 43.8 Å². The number of benzene rings is 2. The van der Waals surface area contributed by atoms with Crippen LogP contribution in [0.5, 0.6) is 0 Å². The highest BCUT2D eigenvalue weighted by Crippen LogP contribution is 2.30. The second-order valence-electron chi connectivity index (χ2n) is 7.00. The van der Waals surface area contributed by atoms with Crippen molar-refractivity contribution in [2.45, 2.75) is 31.8 Å². The van der Waals surface area contributed by atoms with Crippen LogP contribution in [-0.4, -0.2) is 39.3 Å². The molecule has 0 saturated carbocycles. The van der Waals surface area contributed by atoms with Gasteiger partial charge in [-0.3, -0.25) is 4.90 Å². The van der Waals surface area contributed by atoms with Crippen LogP contribution in [0.3, 0.4) is 0 Å². The first-order chi connectivity index (χ1) is 12.7. The van der Waals surface area contributed by atoms with Gasteiger partial charge in [0.15, 0.2) is 0 Å². The monoisotopic (exact) mass is 353 g/mol. The molecular formula is C21H24FN3O. The molecular weight excluding hydrogens is 329 g/mol. The van der Waals surface area contributed by atoms with Crippen LogP contribution in [0.4, 0.5) is 4.39 Å². The second-order valence-corrected chi connectivity index (χ2v) is 7.00. The van der Waals surface area contributed by atoms with E-state index in [9.17, 15) is 9.50 Å². The normalized spacial score (nSPS) is 16.4. The van der Waals surface area contributed by atoms with Crippen molar-refractivity contribution in [1.82, 2.24) is 14.5 Å². The number of imidazole rings is 1. The number of hydrogen-bond acceptors (Lipinski definition) is 3. The van der Waals surface area contributed by atoms with Gasteiger partial charge in [-0.25, -0.2) is 9.37 Å². The minimum atomic E-state index is -0.268. The first-order valence-electron chi connectivity index (χ1n) is 9.28. The maximum Gasteiger partial charge on any atom is 0.125 e. The molecule has 0 bridgehead atoms. The molecule has 1 fully saturated rings. The maximum absolute atomic E-state index is 13.6. The summed E-state index contributed by atoms with van der Waals surface area (Å²) in [6, 6.07) is 15.7. The predicted molar refractivity (Wildman–Crippen MR) is 100 cm³/mol. The van der Waals surface area contributed by atoms with Gasteiger partial charge in [-0.05, 0) is 30.5 Å². The number of rotatable bonds is 5. The summed E-state index contributed by atoms with van der Waals surface area (Å²) in [5.74, 6) is 0.588. The Kier molecular flexibility index (Phi) is 5.00. The zero-order chi connectivity index (χ0) is 17.9. The number of piperidine rings is 1. The summed E-state index contributed by atoms with van der Waals surface area (Å²) in [5.41, 5.74) is 2.99. The molecule has 1 N–H and O–H groups in total. The van der Waals surface area contributed by atoms with Gasteiger partial charge in [0.05, 0.1) is 17.6 Å². The highest BCUT2D eigenvalue weighted by atomic mass is 19.1. The minimum absolute atomic E-state index is 0.0542. The predicted octanol–water partition coefficient (Wildman–Crippen LogP) is 3.55. The van der Waals surface area contributed by atoms with E-state index in [1.807, 2.05) is 12.1 Å². The first kappa shape index (κ1) is 17.2. The van der Waals surface area contributed by atoms with Gasteiger partial charge in [0.1, 0.15) is 11.6 Å². The lowest BCUT2D eigenvalue weighted by molar-refractivity contribution is 0.179. The smallest absolute Gasteiger partial charge is 0.125 e. The molecule has 0 aliphatic carbocycles.